The first-order chi connectivity index (χ1) is 22.7. The van der Waals surface area contributed by atoms with Gasteiger partial charge in [-0.1, -0.05) is 0 Å². The molecule has 0 bridgehead atoms. The summed E-state index contributed by atoms with van der Waals surface area (Å²) in [5.74, 6) is -1.27. The number of rotatable bonds is 21. The fourth-order valence-electron chi connectivity index (χ4n) is 2.98. The summed E-state index contributed by atoms with van der Waals surface area (Å²) in [4.78, 5) is 52.5. The number of carbonyl (C=O) groups excluding carboxylic acids is 5. The van der Waals surface area contributed by atoms with Crippen molar-refractivity contribution in [3.8, 4) is 0 Å². The zero-order valence-corrected chi connectivity index (χ0v) is 27.5. The van der Waals surface area contributed by atoms with Crippen molar-refractivity contribution < 1.29 is 114 Å². The van der Waals surface area contributed by atoms with Gasteiger partial charge in [0.15, 0.2) is 6.29 Å². The van der Waals surface area contributed by atoms with Crippen molar-refractivity contribution in [2.24, 2.45) is 0 Å². The summed E-state index contributed by atoms with van der Waals surface area (Å²) in [7, 11) is -9.84. The van der Waals surface area contributed by atoms with E-state index in [1.807, 2.05) is 5.32 Å². The van der Waals surface area contributed by atoms with Crippen molar-refractivity contribution in [2.45, 2.75) is 87.0 Å². The van der Waals surface area contributed by atoms with Gasteiger partial charge in [-0.15, -0.1) is 0 Å². The molecule has 0 aromatic rings. The average Bonchev–Trinajstić information content (AvgIpc) is 3.04. The van der Waals surface area contributed by atoms with Crippen LogP contribution in [0, 0.1) is 0 Å². The molecule has 0 heterocycles. The molecular formula is C22H42N2O24S2. The third-order valence-electron chi connectivity index (χ3n) is 5.46. The van der Waals surface area contributed by atoms with Crippen LogP contribution in [0.25, 0.3) is 0 Å². The van der Waals surface area contributed by atoms with Gasteiger partial charge in [0.2, 0.25) is 11.8 Å². The average molecular weight is 783 g/mol. The van der Waals surface area contributed by atoms with E-state index in [1.165, 1.54) is 0 Å². The maximum Gasteiger partial charge on any atom is 0.397 e. The van der Waals surface area contributed by atoms with E-state index in [0.717, 1.165) is 13.8 Å². The Bertz CT molecular complexity index is 1240. The molecule has 12 atom stereocenters. The summed E-state index contributed by atoms with van der Waals surface area (Å²) in [5.41, 5.74) is 0. The molecule has 50 heavy (non-hydrogen) atoms. The number of hydrogen-bond acceptors (Lipinski definition) is 22. The molecule has 0 fully saturated rings. The Balaban J connectivity index is -0.000000668. The first-order valence-corrected chi connectivity index (χ1v) is 16.0. The number of aldehydes is 3. The minimum Gasteiger partial charge on any atom is -0.394 e. The first-order valence-electron chi connectivity index (χ1n) is 13.3. The molecule has 26 nitrogen and oxygen atoms in total. The van der Waals surface area contributed by atoms with Crippen molar-refractivity contribution in [2.75, 3.05) is 19.8 Å². The fraction of sp³-hybridized carbons (Fsp3) is 0.773. The minimum absolute atomic E-state index is 0.0791. The quantitative estimate of drug-likeness (QED) is 0.0379. The van der Waals surface area contributed by atoms with Gasteiger partial charge in [-0.05, 0) is 0 Å². The number of aliphatic hydroxyl groups excluding tert-OH is 11. The molecule has 0 aliphatic rings. The maximum absolute atomic E-state index is 10.8. The van der Waals surface area contributed by atoms with E-state index in [-0.39, 0.29) is 18.9 Å². The van der Waals surface area contributed by atoms with E-state index in [1.54, 1.807) is 0 Å². The van der Waals surface area contributed by atoms with Crippen molar-refractivity contribution >= 4 is 51.5 Å². The van der Waals surface area contributed by atoms with Gasteiger partial charge in [0.05, 0.1) is 19.8 Å². The second-order valence-electron chi connectivity index (χ2n) is 9.57. The fourth-order valence-corrected chi connectivity index (χ4v) is 3.81. The summed E-state index contributed by atoms with van der Waals surface area (Å²) in [6.07, 6.45) is -18.5. The smallest absolute Gasteiger partial charge is 0.394 e. The Morgan fingerprint density at radius 1 is 0.600 bits per heavy atom. The molecule has 28 heteroatoms. The topological polar surface area (TPSA) is 459 Å². The van der Waals surface area contributed by atoms with Gasteiger partial charge in [-0.25, -0.2) is 8.37 Å². The standard InChI is InChI=1S/C8H15NO9S.C8H15NO6.C6H12O9S/c1-4(12)9-5(2-10)7(14)8(6(13)3-11)18-19(15,16)17;1-4(12)9-5(2-10)7(14)8(15)6(13)3-11;7-1-3(8)5(10)6(11)4(9)2-15-16(12,13)14/h2,5-8,11,13-14H,3H2,1H3,(H,9,12)(H,15,16,17);2,5-8,11,13-15H,3H2,1H3,(H,9,12);1,3-6,8-11H,2H2,(H,12,13,14)/t5-,6+,7+,8-;5-,6+,7+,8+;3-,4+,5+,6-/m000/s1. The highest BCUT2D eigenvalue weighted by atomic mass is 32.3. The minimum atomic E-state index is -5.05. The molecule has 0 rings (SSSR count). The maximum atomic E-state index is 10.8. The van der Waals surface area contributed by atoms with E-state index in [0.29, 0.717) is 0 Å². The van der Waals surface area contributed by atoms with Crippen molar-refractivity contribution in [1.29, 1.82) is 0 Å². The molecule has 0 aromatic heterocycles. The number of nitrogens with one attached hydrogen (secondary N) is 2. The highest BCUT2D eigenvalue weighted by Gasteiger charge is 2.37. The van der Waals surface area contributed by atoms with Gasteiger partial charge in [0.25, 0.3) is 0 Å². The van der Waals surface area contributed by atoms with Crippen molar-refractivity contribution in [1.82, 2.24) is 10.6 Å². The number of hydrogen-bond donors (Lipinski definition) is 15. The lowest BCUT2D eigenvalue weighted by atomic mass is 10.0. The summed E-state index contributed by atoms with van der Waals surface area (Å²) in [6.45, 7) is -0.641. The predicted molar refractivity (Wildman–Crippen MR) is 156 cm³/mol. The third kappa shape index (κ3) is 22.9. The monoisotopic (exact) mass is 782 g/mol. The predicted octanol–water partition coefficient (Wildman–Crippen LogP) is -10.2. The second-order valence-corrected chi connectivity index (χ2v) is 11.7. The molecule has 2 amide bonds. The van der Waals surface area contributed by atoms with Crippen molar-refractivity contribution in [3.63, 3.8) is 0 Å². The Labute approximate surface area is 283 Å². The second kappa shape index (κ2) is 25.2. The Morgan fingerprint density at radius 3 is 1.32 bits per heavy atom. The number of carbonyl (C=O) groups is 5. The number of amides is 2. The molecule has 0 aliphatic heterocycles. The van der Waals surface area contributed by atoms with Crippen LogP contribution in [0.4, 0.5) is 0 Å². The highest BCUT2D eigenvalue weighted by Crippen LogP contribution is 2.12. The Morgan fingerprint density at radius 2 is 1.00 bits per heavy atom. The molecule has 0 aliphatic carbocycles. The molecular weight excluding hydrogens is 740 g/mol. The van der Waals surface area contributed by atoms with Crippen LogP contribution < -0.4 is 10.6 Å². The van der Waals surface area contributed by atoms with Gasteiger partial charge >= 0.3 is 20.8 Å². The number of aliphatic hydroxyl groups is 11. The van der Waals surface area contributed by atoms with Crippen LogP contribution >= 0.6 is 0 Å². The van der Waals surface area contributed by atoms with E-state index in [2.05, 4.69) is 13.7 Å². The van der Waals surface area contributed by atoms with Crippen LogP contribution in [0.1, 0.15) is 13.8 Å². The van der Waals surface area contributed by atoms with E-state index >= 15 is 0 Å². The van der Waals surface area contributed by atoms with Crippen LogP contribution in [0.15, 0.2) is 0 Å². The summed E-state index contributed by atoms with van der Waals surface area (Å²) in [6, 6.07) is -2.91. The zero-order chi connectivity index (χ0) is 40.2. The van der Waals surface area contributed by atoms with Crippen LogP contribution in [-0.4, -0.2) is 206 Å². The summed E-state index contributed by atoms with van der Waals surface area (Å²) < 4.78 is 65.6. The lowest BCUT2D eigenvalue weighted by molar-refractivity contribution is -0.135. The lowest BCUT2D eigenvalue weighted by Gasteiger charge is -2.28. The molecule has 0 radical (unpaired) electrons. The van der Waals surface area contributed by atoms with E-state index in [9.17, 15) is 61.2 Å². The highest BCUT2D eigenvalue weighted by molar-refractivity contribution is 7.81. The molecule has 0 unspecified atom stereocenters. The summed E-state index contributed by atoms with van der Waals surface area (Å²) >= 11 is 0. The van der Waals surface area contributed by atoms with E-state index < -0.39 is 126 Å². The molecule has 0 spiro atoms. The van der Waals surface area contributed by atoms with Gasteiger partial charge < -0.3 is 81.2 Å². The SMILES string of the molecule is CC(=O)N[C@@H](C=O)[C@@H](O)[C@@H](OS(=O)(=O)O)[C@H](O)CO.CC(=O)N[C@@H](C=O)[C@@H](O)[C@H](O)[C@H](O)CO.O=C[C@H](O)[C@@H](O)[C@@H](O)[C@H](O)COS(=O)(=O)O. The van der Waals surface area contributed by atoms with Crippen LogP contribution in [0.3, 0.4) is 0 Å². The van der Waals surface area contributed by atoms with Crippen LogP contribution in [0.2, 0.25) is 0 Å². The Hall–Kier alpha value is -2.75. The normalized spacial score (nSPS) is 18.9. The molecule has 0 aromatic carbocycles. The molecule has 0 saturated carbocycles. The molecule has 15 N–H and O–H groups in total. The van der Waals surface area contributed by atoms with Gasteiger partial charge in [-0.3, -0.25) is 18.7 Å². The first kappa shape index (κ1) is 51.6. The largest absolute Gasteiger partial charge is 0.397 e. The van der Waals surface area contributed by atoms with Crippen LogP contribution in [-0.2, 0) is 53.1 Å². The van der Waals surface area contributed by atoms with Crippen molar-refractivity contribution in [3.05, 3.63) is 0 Å². The lowest BCUT2D eigenvalue weighted by Crippen LogP contribution is -2.54. The zero-order valence-electron chi connectivity index (χ0n) is 25.9. The van der Waals surface area contributed by atoms with E-state index in [4.69, 9.17) is 44.9 Å². The summed E-state index contributed by atoms with van der Waals surface area (Å²) in [5, 5.41) is 104. The van der Waals surface area contributed by atoms with Gasteiger partial charge in [0.1, 0.15) is 85.7 Å². The molecule has 296 valence electrons. The third-order valence-corrected chi connectivity index (χ3v) is 6.36. The van der Waals surface area contributed by atoms with Crippen LogP contribution in [0.5, 0.6) is 0 Å². The molecule has 0 saturated heterocycles. The Kier molecular flexibility index (Phi) is 26.1. The van der Waals surface area contributed by atoms with Gasteiger partial charge in [-0.2, -0.15) is 16.8 Å². The van der Waals surface area contributed by atoms with Gasteiger partial charge in [0, 0.05) is 13.8 Å².